The van der Waals surface area contributed by atoms with Crippen LogP contribution >= 0.6 is 23.1 Å². The fourth-order valence-electron chi connectivity index (χ4n) is 1.59. The van der Waals surface area contributed by atoms with Crippen LogP contribution in [0.4, 0.5) is 15.6 Å². The summed E-state index contributed by atoms with van der Waals surface area (Å²) in [5.41, 5.74) is 2.90. The maximum absolute atomic E-state index is 11.9. The summed E-state index contributed by atoms with van der Waals surface area (Å²) in [5, 5.41) is 23.1. The van der Waals surface area contributed by atoms with Gasteiger partial charge in [-0.2, -0.15) is 0 Å². The topological polar surface area (TPSA) is 107 Å². The van der Waals surface area contributed by atoms with Gasteiger partial charge in [-0.15, -0.1) is 10.2 Å². The first-order valence-corrected chi connectivity index (χ1v) is 8.41. The molecule has 9 heteroatoms. The lowest BCUT2D eigenvalue weighted by Crippen LogP contribution is -2.31. The number of carbonyl (C=O) groups excluding carboxylic acids is 2. The second kappa shape index (κ2) is 7.42. The molecule has 0 unspecified atom stereocenters. The predicted octanol–water partition coefficient (Wildman–Crippen LogP) is 2.03. The number of benzene rings is 1. The molecule has 0 aliphatic carbocycles. The lowest BCUT2D eigenvalue weighted by atomic mass is 10.1. The molecule has 0 aliphatic rings. The van der Waals surface area contributed by atoms with Gasteiger partial charge in [-0.05, 0) is 44.0 Å². The van der Waals surface area contributed by atoms with Crippen molar-refractivity contribution in [3.8, 4) is 0 Å². The molecule has 0 fully saturated rings. The van der Waals surface area contributed by atoms with E-state index in [2.05, 4.69) is 20.8 Å². The van der Waals surface area contributed by atoms with Gasteiger partial charge < -0.3 is 15.2 Å². The van der Waals surface area contributed by atoms with Crippen LogP contribution in [-0.4, -0.2) is 27.4 Å². The Hall–Kier alpha value is -2.13. The number of rotatable bonds is 5. The summed E-state index contributed by atoms with van der Waals surface area (Å²) in [5.74, 6) is -1.17. The quantitative estimate of drug-likeness (QED) is 0.630. The molecule has 7 nitrogen and oxygen atoms in total. The molecular formula is C14H15N4O3S2-. The van der Waals surface area contributed by atoms with Crippen molar-refractivity contribution in [2.75, 3.05) is 10.6 Å². The van der Waals surface area contributed by atoms with E-state index < -0.39 is 17.3 Å². The molecule has 0 radical (unpaired) electrons. The number of urea groups is 1. The van der Waals surface area contributed by atoms with Crippen LogP contribution in [0.2, 0.25) is 0 Å². The zero-order chi connectivity index (χ0) is 17.0. The summed E-state index contributed by atoms with van der Waals surface area (Å²) in [6.45, 7) is 5.46. The number of aromatic nitrogens is 2. The third-order valence-electron chi connectivity index (χ3n) is 3.00. The fraction of sp³-hybridized carbons (Fsp3) is 0.286. The minimum absolute atomic E-state index is 0.291. The highest BCUT2D eigenvalue weighted by molar-refractivity contribution is 8.02. The molecule has 2 amide bonds. The van der Waals surface area contributed by atoms with Crippen LogP contribution in [0.1, 0.15) is 18.1 Å². The van der Waals surface area contributed by atoms with E-state index in [-0.39, 0.29) is 0 Å². The Labute approximate surface area is 141 Å². The molecule has 2 aromatic rings. The van der Waals surface area contributed by atoms with Crippen LogP contribution in [0.15, 0.2) is 22.5 Å². The highest BCUT2D eigenvalue weighted by Gasteiger charge is 2.12. The second-order valence-electron chi connectivity index (χ2n) is 4.83. The normalized spacial score (nSPS) is 11.8. The monoisotopic (exact) mass is 351 g/mol. The molecule has 1 atom stereocenters. The average molecular weight is 351 g/mol. The van der Waals surface area contributed by atoms with E-state index in [0.29, 0.717) is 15.2 Å². The lowest BCUT2D eigenvalue weighted by molar-refractivity contribution is -0.304. The Kier molecular flexibility index (Phi) is 5.56. The summed E-state index contributed by atoms with van der Waals surface area (Å²) < 4.78 is 0.447. The van der Waals surface area contributed by atoms with Gasteiger partial charge >= 0.3 is 6.03 Å². The van der Waals surface area contributed by atoms with Crippen molar-refractivity contribution >= 4 is 45.9 Å². The Morgan fingerprint density at radius 2 is 1.96 bits per heavy atom. The van der Waals surface area contributed by atoms with E-state index in [0.717, 1.165) is 34.2 Å². The summed E-state index contributed by atoms with van der Waals surface area (Å²) in [6.07, 6.45) is 0. The van der Waals surface area contributed by atoms with Gasteiger partial charge in [0.05, 0.1) is 5.97 Å². The molecule has 0 saturated carbocycles. The molecule has 2 N–H and O–H groups in total. The van der Waals surface area contributed by atoms with Crippen LogP contribution in [0.5, 0.6) is 0 Å². The molecular weight excluding hydrogens is 336 g/mol. The molecule has 0 bridgehead atoms. The van der Waals surface area contributed by atoms with E-state index in [4.69, 9.17) is 0 Å². The van der Waals surface area contributed by atoms with Crippen LogP contribution in [0.25, 0.3) is 0 Å². The first kappa shape index (κ1) is 17.2. The standard InChI is InChI=1S/C14H16N4O3S2/c1-7-4-5-10(6-8(7)2)15-12(21)16-13-17-18-14(23-13)22-9(3)11(19)20/h4-6,9H,1-3H3,(H,19,20)(H2,15,16,17,21)/p-1/t9-/m0/s1. The van der Waals surface area contributed by atoms with Gasteiger partial charge in [0.1, 0.15) is 0 Å². The van der Waals surface area contributed by atoms with Crippen molar-refractivity contribution in [3.63, 3.8) is 0 Å². The number of nitrogens with one attached hydrogen (secondary N) is 2. The number of carboxylic acids is 1. The Bertz CT molecular complexity index is 733. The van der Waals surface area contributed by atoms with Crippen molar-refractivity contribution in [2.24, 2.45) is 0 Å². The van der Waals surface area contributed by atoms with Crippen LogP contribution in [-0.2, 0) is 4.79 Å². The number of hydrogen-bond acceptors (Lipinski definition) is 7. The first-order valence-electron chi connectivity index (χ1n) is 6.71. The van der Waals surface area contributed by atoms with Gasteiger partial charge in [0.2, 0.25) is 5.13 Å². The minimum atomic E-state index is -1.17. The van der Waals surface area contributed by atoms with Crippen LogP contribution in [0, 0.1) is 13.8 Å². The van der Waals surface area contributed by atoms with Crippen molar-refractivity contribution < 1.29 is 14.7 Å². The maximum Gasteiger partial charge on any atom is 0.325 e. The number of carbonyl (C=O) groups is 2. The van der Waals surface area contributed by atoms with Gasteiger partial charge in [-0.1, -0.05) is 29.2 Å². The summed E-state index contributed by atoms with van der Waals surface area (Å²) in [6, 6.07) is 5.17. The number of aliphatic carboxylic acids is 1. The van der Waals surface area contributed by atoms with Gasteiger partial charge in [-0.25, -0.2) is 4.79 Å². The largest absolute Gasteiger partial charge is 0.549 e. The summed E-state index contributed by atoms with van der Waals surface area (Å²) in [4.78, 5) is 22.6. The molecule has 1 heterocycles. The van der Waals surface area contributed by atoms with E-state index in [1.54, 1.807) is 0 Å². The fourth-order valence-corrected chi connectivity index (χ4v) is 3.41. The third-order valence-corrected chi connectivity index (χ3v) is 5.00. The molecule has 2 rings (SSSR count). The number of thioether (sulfide) groups is 1. The van der Waals surface area contributed by atoms with E-state index in [1.807, 2.05) is 32.0 Å². The minimum Gasteiger partial charge on any atom is -0.549 e. The molecule has 122 valence electrons. The highest BCUT2D eigenvalue weighted by Crippen LogP contribution is 2.28. The number of hydrogen-bond donors (Lipinski definition) is 2. The lowest BCUT2D eigenvalue weighted by Gasteiger charge is -2.08. The predicted molar refractivity (Wildman–Crippen MR) is 88.8 cm³/mol. The van der Waals surface area contributed by atoms with Gasteiger partial charge in [-0.3, -0.25) is 5.32 Å². The third kappa shape index (κ3) is 4.93. The number of amides is 2. The van der Waals surface area contributed by atoms with Crippen molar-refractivity contribution in [1.29, 1.82) is 0 Å². The first-order chi connectivity index (χ1) is 10.8. The Morgan fingerprint density at radius 3 is 2.61 bits per heavy atom. The number of anilines is 2. The zero-order valence-electron chi connectivity index (χ0n) is 12.7. The van der Waals surface area contributed by atoms with Crippen LogP contribution < -0.4 is 15.7 Å². The average Bonchev–Trinajstić information content (AvgIpc) is 2.89. The van der Waals surface area contributed by atoms with Gasteiger partial charge in [0.25, 0.3) is 0 Å². The molecule has 23 heavy (non-hydrogen) atoms. The molecule has 0 spiro atoms. The van der Waals surface area contributed by atoms with Crippen molar-refractivity contribution in [1.82, 2.24) is 10.2 Å². The number of nitrogens with zero attached hydrogens (tertiary/aromatic N) is 2. The Balaban J connectivity index is 1.94. The number of carboxylic acid groups (broad SMARTS) is 1. The van der Waals surface area contributed by atoms with Gasteiger partial charge in [0.15, 0.2) is 4.34 Å². The highest BCUT2D eigenvalue weighted by atomic mass is 32.2. The Morgan fingerprint density at radius 1 is 1.22 bits per heavy atom. The molecule has 0 aliphatic heterocycles. The van der Waals surface area contributed by atoms with E-state index >= 15 is 0 Å². The van der Waals surface area contributed by atoms with Crippen molar-refractivity contribution in [2.45, 2.75) is 30.4 Å². The second-order valence-corrected chi connectivity index (χ2v) is 7.40. The maximum atomic E-state index is 11.9. The summed E-state index contributed by atoms with van der Waals surface area (Å²) in [7, 11) is 0. The van der Waals surface area contributed by atoms with E-state index in [1.165, 1.54) is 6.92 Å². The SMILES string of the molecule is Cc1ccc(NC(=O)Nc2nnc(S[C@@H](C)C(=O)[O-])s2)cc1C. The smallest absolute Gasteiger partial charge is 0.325 e. The number of aryl methyl sites for hydroxylation is 2. The zero-order valence-corrected chi connectivity index (χ0v) is 14.4. The summed E-state index contributed by atoms with van der Waals surface area (Å²) >= 11 is 2.12. The molecule has 1 aromatic carbocycles. The van der Waals surface area contributed by atoms with E-state index in [9.17, 15) is 14.7 Å². The van der Waals surface area contributed by atoms with Crippen molar-refractivity contribution in [3.05, 3.63) is 29.3 Å². The van der Waals surface area contributed by atoms with Gasteiger partial charge in [0, 0.05) is 10.9 Å². The molecule has 0 saturated heterocycles. The van der Waals surface area contributed by atoms with Crippen LogP contribution in [0.3, 0.4) is 0 Å². The molecule has 1 aromatic heterocycles.